The van der Waals surface area contributed by atoms with E-state index in [4.69, 9.17) is 0 Å². The summed E-state index contributed by atoms with van der Waals surface area (Å²) in [6.07, 6.45) is 6.64. The number of aryl methyl sites for hydroxylation is 1. The fourth-order valence-corrected chi connectivity index (χ4v) is 2.84. The van der Waals surface area contributed by atoms with E-state index in [0.29, 0.717) is 0 Å². The van der Waals surface area contributed by atoms with E-state index in [1.165, 1.54) is 22.0 Å². The van der Waals surface area contributed by atoms with Crippen molar-refractivity contribution in [2.75, 3.05) is 13.6 Å². The molecule has 22 heavy (non-hydrogen) atoms. The fourth-order valence-electron chi connectivity index (χ4n) is 2.84. The number of hydrogen-bond acceptors (Lipinski definition) is 1. The first-order valence-corrected chi connectivity index (χ1v) is 7.67. The first-order chi connectivity index (χ1) is 10.7. The molecule has 0 saturated carbocycles. The third-order valence-electron chi connectivity index (χ3n) is 3.95. The van der Waals surface area contributed by atoms with Gasteiger partial charge < -0.3 is 4.57 Å². The molecule has 3 aromatic rings. The number of benzene rings is 2. The van der Waals surface area contributed by atoms with Crippen molar-refractivity contribution in [3.63, 3.8) is 0 Å². The molecule has 0 radical (unpaired) electrons. The molecule has 2 heteroatoms. The van der Waals surface area contributed by atoms with Crippen LogP contribution < -0.4 is 0 Å². The summed E-state index contributed by atoms with van der Waals surface area (Å²) in [6.45, 7) is 1.90. The smallest absolute Gasteiger partial charge is 0.0481 e. The van der Waals surface area contributed by atoms with E-state index >= 15 is 0 Å². The van der Waals surface area contributed by atoms with Gasteiger partial charge in [-0.25, -0.2) is 0 Å². The molecule has 2 nitrogen and oxygen atoms in total. The highest BCUT2D eigenvalue weighted by molar-refractivity contribution is 5.83. The summed E-state index contributed by atoms with van der Waals surface area (Å²) in [7, 11) is 4.28. The van der Waals surface area contributed by atoms with E-state index in [-0.39, 0.29) is 0 Å². The van der Waals surface area contributed by atoms with Crippen LogP contribution in [0.2, 0.25) is 0 Å². The summed E-state index contributed by atoms with van der Waals surface area (Å²) in [4.78, 5) is 2.33. The van der Waals surface area contributed by atoms with E-state index in [0.717, 1.165) is 13.1 Å². The summed E-state index contributed by atoms with van der Waals surface area (Å²) >= 11 is 0. The number of likely N-dealkylation sites (N-methyl/N-ethyl adjacent to an activating group) is 1. The van der Waals surface area contributed by atoms with Gasteiger partial charge in [0.05, 0.1) is 0 Å². The van der Waals surface area contributed by atoms with Gasteiger partial charge in [0.1, 0.15) is 0 Å². The molecule has 112 valence electrons. The summed E-state index contributed by atoms with van der Waals surface area (Å²) in [5.41, 5.74) is 3.93. The molecule has 0 saturated heterocycles. The van der Waals surface area contributed by atoms with Crippen LogP contribution in [0.4, 0.5) is 0 Å². The molecule has 0 bridgehead atoms. The van der Waals surface area contributed by atoms with Crippen LogP contribution in [-0.2, 0) is 13.6 Å². The zero-order valence-corrected chi connectivity index (χ0v) is 13.2. The Hall–Kier alpha value is -2.32. The van der Waals surface area contributed by atoms with E-state index < -0.39 is 0 Å². The predicted octanol–water partition coefficient (Wildman–Crippen LogP) is 4.32. The van der Waals surface area contributed by atoms with Crippen LogP contribution in [0.15, 0.2) is 66.9 Å². The summed E-state index contributed by atoms with van der Waals surface area (Å²) in [6, 6.07) is 19.0. The fraction of sp³-hybridized carbons (Fsp3) is 0.200. The van der Waals surface area contributed by atoms with Gasteiger partial charge in [0.15, 0.2) is 0 Å². The lowest BCUT2D eigenvalue weighted by Gasteiger charge is -2.13. The normalized spacial score (nSPS) is 11.8. The molecule has 0 unspecified atom stereocenters. The van der Waals surface area contributed by atoms with Crippen molar-refractivity contribution >= 4 is 17.0 Å². The number of hydrogen-bond donors (Lipinski definition) is 0. The maximum absolute atomic E-state index is 2.33. The van der Waals surface area contributed by atoms with Gasteiger partial charge in [0.2, 0.25) is 0 Å². The maximum atomic E-state index is 2.33. The monoisotopic (exact) mass is 290 g/mol. The lowest BCUT2D eigenvalue weighted by Crippen LogP contribution is -2.17. The Morgan fingerprint density at radius 1 is 1.00 bits per heavy atom. The van der Waals surface area contributed by atoms with E-state index in [9.17, 15) is 0 Å². The molecule has 1 aromatic heterocycles. The van der Waals surface area contributed by atoms with Gasteiger partial charge >= 0.3 is 0 Å². The zero-order chi connectivity index (χ0) is 15.4. The lowest BCUT2D eigenvalue weighted by molar-refractivity contribution is 0.365. The molecule has 0 spiro atoms. The van der Waals surface area contributed by atoms with Crippen molar-refractivity contribution < 1.29 is 0 Å². The Morgan fingerprint density at radius 3 is 2.55 bits per heavy atom. The minimum Gasteiger partial charge on any atom is -0.350 e. The van der Waals surface area contributed by atoms with Crippen molar-refractivity contribution in [1.82, 2.24) is 9.47 Å². The van der Waals surface area contributed by atoms with Crippen LogP contribution in [0.1, 0.15) is 11.1 Å². The van der Waals surface area contributed by atoms with Gasteiger partial charge in [0.25, 0.3) is 0 Å². The van der Waals surface area contributed by atoms with Gasteiger partial charge in [-0.15, -0.1) is 0 Å². The van der Waals surface area contributed by atoms with E-state index in [1.807, 2.05) is 6.07 Å². The molecule has 1 heterocycles. The molecule has 0 aliphatic rings. The number of rotatable bonds is 5. The van der Waals surface area contributed by atoms with Crippen LogP contribution in [0.25, 0.3) is 17.0 Å². The summed E-state index contributed by atoms with van der Waals surface area (Å²) < 4.78 is 2.21. The Bertz CT molecular complexity index is 769. The van der Waals surface area contributed by atoms with Gasteiger partial charge in [-0.2, -0.15) is 0 Å². The highest BCUT2D eigenvalue weighted by Crippen LogP contribution is 2.21. The van der Waals surface area contributed by atoms with Crippen LogP contribution >= 0.6 is 0 Å². The molecule has 0 amide bonds. The predicted molar refractivity (Wildman–Crippen MR) is 94.7 cm³/mol. The molecule has 0 atom stereocenters. The topological polar surface area (TPSA) is 8.17 Å². The van der Waals surface area contributed by atoms with Gasteiger partial charge in [0, 0.05) is 37.2 Å². The van der Waals surface area contributed by atoms with Crippen molar-refractivity contribution in [3.05, 3.63) is 78.0 Å². The van der Waals surface area contributed by atoms with Crippen molar-refractivity contribution in [3.8, 4) is 0 Å². The first-order valence-electron chi connectivity index (χ1n) is 7.67. The quantitative estimate of drug-likeness (QED) is 0.679. The molecule has 3 rings (SSSR count). The average molecular weight is 290 g/mol. The van der Waals surface area contributed by atoms with Gasteiger partial charge in [-0.05, 0) is 24.2 Å². The first kappa shape index (κ1) is 14.6. The van der Waals surface area contributed by atoms with Crippen molar-refractivity contribution in [1.29, 1.82) is 0 Å². The van der Waals surface area contributed by atoms with Crippen LogP contribution in [0.3, 0.4) is 0 Å². The number of fused-ring (bicyclic) bond motifs is 1. The zero-order valence-electron chi connectivity index (χ0n) is 13.2. The third kappa shape index (κ3) is 3.29. The Kier molecular flexibility index (Phi) is 4.40. The van der Waals surface area contributed by atoms with E-state index in [1.54, 1.807) is 0 Å². The highest BCUT2D eigenvalue weighted by atomic mass is 15.1. The van der Waals surface area contributed by atoms with Crippen molar-refractivity contribution in [2.24, 2.45) is 7.05 Å². The minimum atomic E-state index is 0.943. The number of nitrogens with zero attached hydrogens (tertiary/aromatic N) is 2. The molecule has 0 N–H and O–H groups in total. The van der Waals surface area contributed by atoms with Gasteiger partial charge in [-0.3, -0.25) is 4.90 Å². The second-order valence-corrected chi connectivity index (χ2v) is 5.79. The lowest BCUT2D eigenvalue weighted by atomic mass is 10.1. The Balaban J connectivity index is 1.66. The highest BCUT2D eigenvalue weighted by Gasteiger charge is 2.07. The largest absolute Gasteiger partial charge is 0.350 e. The third-order valence-corrected chi connectivity index (χ3v) is 3.95. The van der Waals surface area contributed by atoms with Crippen molar-refractivity contribution in [2.45, 2.75) is 6.54 Å². The van der Waals surface area contributed by atoms with Gasteiger partial charge in [-0.1, -0.05) is 60.7 Å². The molecule has 0 fully saturated rings. The van der Waals surface area contributed by atoms with Crippen LogP contribution in [0.5, 0.6) is 0 Å². The molecule has 0 aliphatic carbocycles. The minimum absolute atomic E-state index is 0.943. The number of para-hydroxylation sites is 1. The average Bonchev–Trinajstić information content (AvgIpc) is 2.85. The number of aromatic nitrogens is 1. The Labute approximate surface area is 132 Å². The molecular formula is C20H22N2. The molecular weight excluding hydrogens is 268 g/mol. The standard InChI is InChI=1S/C20H22N2/c1-21(14-8-11-17-9-4-3-5-10-17)15-18-16-22(2)20-13-7-6-12-19(18)20/h3-13,16H,14-15H2,1-2H3. The SMILES string of the molecule is CN(CC=Cc1ccccc1)Cc1cn(C)c2ccccc12. The second kappa shape index (κ2) is 6.63. The van der Waals surface area contributed by atoms with Crippen LogP contribution in [-0.4, -0.2) is 23.1 Å². The van der Waals surface area contributed by atoms with Crippen LogP contribution in [0, 0.1) is 0 Å². The van der Waals surface area contributed by atoms with E-state index in [2.05, 4.69) is 90.4 Å². The molecule has 0 aliphatic heterocycles. The maximum Gasteiger partial charge on any atom is 0.0481 e. The second-order valence-electron chi connectivity index (χ2n) is 5.79. The summed E-state index contributed by atoms with van der Waals surface area (Å²) in [5.74, 6) is 0. The molecule has 2 aromatic carbocycles. The summed E-state index contributed by atoms with van der Waals surface area (Å²) in [5, 5.41) is 1.35. The Morgan fingerprint density at radius 2 is 1.73 bits per heavy atom.